The molecule has 176 valence electrons. The van der Waals surface area contributed by atoms with E-state index in [0.717, 1.165) is 55.4 Å². The van der Waals surface area contributed by atoms with Crippen molar-refractivity contribution in [2.75, 3.05) is 13.2 Å². The summed E-state index contributed by atoms with van der Waals surface area (Å²) in [5.41, 5.74) is 2.50. The second-order valence-corrected chi connectivity index (χ2v) is 8.64. The number of benzene rings is 2. The number of aliphatic hydroxyl groups excluding tert-OH is 1. The monoisotopic (exact) mass is 449 g/mol. The molecule has 0 bridgehead atoms. The quantitative estimate of drug-likeness (QED) is 0.193. The molecule has 1 fully saturated rings. The van der Waals surface area contributed by atoms with Crippen molar-refractivity contribution >= 4 is 17.4 Å². The van der Waals surface area contributed by atoms with Crippen LogP contribution in [0, 0.1) is 6.92 Å². The van der Waals surface area contributed by atoms with E-state index in [0.29, 0.717) is 18.7 Å². The number of Topliss-reactive ketones (excluding diaryl/α,β-unsaturated/α-hetero) is 1. The van der Waals surface area contributed by atoms with Crippen LogP contribution in [0.3, 0.4) is 0 Å². The van der Waals surface area contributed by atoms with Gasteiger partial charge in [-0.15, -0.1) is 0 Å². The molecule has 1 amide bonds. The normalized spacial score (nSPS) is 17.5. The van der Waals surface area contributed by atoms with Gasteiger partial charge in [0.1, 0.15) is 11.5 Å². The Bertz CT molecular complexity index is 993. The lowest BCUT2D eigenvalue weighted by Gasteiger charge is -2.26. The fourth-order valence-electron chi connectivity index (χ4n) is 4.27. The van der Waals surface area contributed by atoms with Crippen molar-refractivity contribution in [2.45, 2.75) is 65.3 Å². The lowest BCUT2D eigenvalue weighted by atomic mass is 9.92. The first-order chi connectivity index (χ1) is 16.0. The zero-order valence-electron chi connectivity index (χ0n) is 20.0. The van der Waals surface area contributed by atoms with Gasteiger partial charge in [-0.3, -0.25) is 9.59 Å². The number of rotatable bonds is 11. The summed E-state index contributed by atoms with van der Waals surface area (Å²) in [4.78, 5) is 27.7. The maximum absolute atomic E-state index is 13.1. The molecule has 0 aliphatic carbocycles. The van der Waals surface area contributed by atoms with Crippen LogP contribution in [0.15, 0.2) is 54.1 Å². The maximum Gasteiger partial charge on any atom is 0.295 e. The van der Waals surface area contributed by atoms with Gasteiger partial charge in [-0.05, 0) is 55.2 Å². The zero-order valence-corrected chi connectivity index (χ0v) is 20.0. The Hall–Kier alpha value is -3.08. The highest BCUT2D eigenvalue weighted by Gasteiger charge is 2.46. The highest BCUT2D eigenvalue weighted by Crippen LogP contribution is 2.40. The minimum absolute atomic E-state index is 0.142. The molecule has 0 radical (unpaired) electrons. The van der Waals surface area contributed by atoms with Gasteiger partial charge >= 0.3 is 0 Å². The van der Waals surface area contributed by atoms with Gasteiger partial charge in [0.15, 0.2) is 0 Å². The van der Waals surface area contributed by atoms with Gasteiger partial charge in [0, 0.05) is 12.1 Å². The van der Waals surface area contributed by atoms with Crippen LogP contribution in [0.2, 0.25) is 0 Å². The van der Waals surface area contributed by atoms with Crippen LogP contribution >= 0.6 is 0 Å². The number of ketones is 1. The number of likely N-dealkylation sites (tertiary alicyclic amines) is 1. The van der Waals surface area contributed by atoms with Crippen LogP contribution in [0.5, 0.6) is 5.75 Å². The van der Waals surface area contributed by atoms with E-state index in [-0.39, 0.29) is 11.3 Å². The molecule has 1 aliphatic heterocycles. The number of ether oxygens (including phenoxy) is 1. The molecular weight excluding hydrogens is 414 g/mol. The van der Waals surface area contributed by atoms with E-state index in [2.05, 4.69) is 13.8 Å². The van der Waals surface area contributed by atoms with Crippen LogP contribution in [-0.4, -0.2) is 34.8 Å². The third-order valence-corrected chi connectivity index (χ3v) is 6.17. The Balaban J connectivity index is 1.96. The number of carbonyl (C=O) groups is 2. The summed E-state index contributed by atoms with van der Waals surface area (Å²) in [6.45, 7) is 7.35. The van der Waals surface area contributed by atoms with Crippen molar-refractivity contribution in [3.05, 3.63) is 70.8 Å². The SMILES string of the molecule is CCCCCOc1ccc(/C(O)=C2/C(=O)C(=O)N(CCCCC)C2c2ccccc2C)cc1. The Kier molecular flexibility index (Phi) is 8.70. The van der Waals surface area contributed by atoms with Gasteiger partial charge in [-0.1, -0.05) is 63.8 Å². The van der Waals surface area contributed by atoms with Crippen molar-refractivity contribution in [1.29, 1.82) is 0 Å². The van der Waals surface area contributed by atoms with E-state index >= 15 is 0 Å². The number of aliphatic hydroxyl groups is 1. The maximum atomic E-state index is 13.1. The molecule has 5 heteroatoms. The molecule has 33 heavy (non-hydrogen) atoms. The summed E-state index contributed by atoms with van der Waals surface area (Å²) >= 11 is 0. The smallest absolute Gasteiger partial charge is 0.295 e. The molecule has 1 saturated heterocycles. The molecule has 1 unspecified atom stereocenters. The predicted octanol–water partition coefficient (Wildman–Crippen LogP) is 6.18. The zero-order chi connectivity index (χ0) is 23.8. The van der Waals surface area contributed by atoms with E-state index in [9.17, 15) is 14.7 Å². The van der Waals surface area contributed by atoms with Crippen molar-refractivity contribution in [3.63, 3.8) is 0 Å². The van der Waals surface area contributed by atoms with Crippen LogP contribution in [0.4, 0.5) is 0 Å². The second-order valence-electron chi connectivity index (χ2n) is 8.64. The molecule has 5 nitrogen and oxygen atoms in total. The first-order valence-corrected chi connectivity index (χ1v) is 12.1. The second kappa shape index (κ2) is 11.7. The minimum atomic E-state index is -0.628. The highest BCUT2D eigenvalue weighted by molar-refractivity contribution is 6.46. The number of nitrogens with zero attached hydrogens (tertiary/aromatic N) is 1. The first-order valence-electron chi connectivity index (χ1n) is 12.1. The van der Waals surface area contributed by atoms with E-state index in [1.54, 1.807) is 29.2 Å². The third-order valence-electron chi connectivity index (χ3n) is 6.17. The van der Waals surface area contributed by atoms with Gasteiger partial charge in [-0.25, -0.2) is 0 Å². The minimum Gasteiger partial charge on any atom is -0.507 e. The third kappa shape index (κ3) is 5.65. The van der Waals surface area contributed by atoms with E-state index < -0.39 is 17.7 Å². The molecule has 0 saturated carbocycles. The Morgan fingerprint density at radius 1 is 0.939 bits per heavy atom. The topological polar surface area (TPSA) is 66.8 Å². The molecule has 2 aromatic carbocycles. The van der Waals surface area contributed by atoms with Crippen LogP contribution < -0.4 is 4.74 Å². The average molecular weight is 450 g/mol. The first kappa shape index (κ1) is 24.6. The lowest BCUT2D eigenvalue weighted by Crippen LogP contribution is -2.31. The van der Waals surface area contributed by atoms with Gasteiger partial charge in [-0.2, -0.15) is 0 Å². The number of amides is 1. The van der Waals surface area contributed by atoms with Crippen LogP contribution in [-0.2, 0) is 9.59 Å². The van der Waals surface area contributed by atoms with Crippen LogP contribution in [0.25, 0.3) is 5.76 Å². The molecule has 0 aromatic heterocycles. The summed E-state index contributed by atoms with van der Waals surface area (Å²) in [6.07, 6.45) is 6.06. The van der Waals surface area contributed by atoms with Crippen molar-refractivity contribution in [1.82, 2.24) is 4.90 Å². The fourth-order valence-corrected chi connectivity index (χ4v) is 4.27. The average Bonchev–Trinajstić information content (AvgIpc) is 3.07. The molecule has 1 atom stereocenters. The van der Waals surface area contributed by atoms with Gasteiger partial charge < -0.3 is 14.7 Å². The van der Waals surface area contributed by atoms with Gasteiger partial charge in [0.05, 0.1) is 18.2 Å². The van der Waals surface area contributed by atoms with Crippen LogP contribution in [0.1, 0.15) is 75.1 Å². The van der Waals surface area contributed by atoms with E-state index in [1.165, 1.54) is 0 Å². The molecule has 3 rings (SSSR count). The summed E-state index contributed by atoms with van der Waals surface area (Å²) in [5, 5.41) is 11.2. The Morgan fingerprint density at radius 2 is 1.61 bits per heavy atom. The number of unbranched alkanes of at least 4 members (excludes halogenated alkanes) is 4. The molecule has 2 aromatic rings. The Morgan fingerprint density at radius 3 is 2.27 bits per heavy atom. The van der Waals surface area contributed by atoms with Crippen molar-refractivity contribution in [3.8, 4) is 5.75 Å². The molecule has 1 aliphatic rings. The number of aryl methyl sites for hydroxylation is 1. The number of hydrogen-bond acceptors (Lipinski definition) is 4. The molecule has 1 N–H and O–H groups in total. The van der Waals surface area contributed by atoms with Crippen molar-refractivity contribution < 1.29 is 19.4 Å². The van der Waals surface area contributed by atoms with E-state index in [1.807, 2.05) is 31.2 Å². The summed E-state index contributed by atoms with van der Waals surface area (Å²) in [5.74, 6) is -0.593. The highest BCUT2D eigenvalue weighted by atomic mass is 16.5. The molecule has 1 heterocycles. The molecule has 0 spiro atoms. The fraction of sp³-hybridized carbons (Fsp3) is 0.429. The van der Waals surface area contributed by atoms with Crippen molar-refractivity contribution in [2.24, 2.45) is 0 Å². The van der Waals surface area contributed by atoms with Gasteiger partial charge in [0.2, 0.25) is 0 Å². The summed E-state index contributed by atoms with van der Waals surface area (Å²) in [7, 11) is 0. The van der Waals surface area contributed by atoms with E-state index in [4.69, 9.17) is 4.74 Å². The lowest BCUT2D eigenvalue weighted by molar-refractivity contribution is -0.139. The molecular formula is C28H35NO4. The summed E-state index contributed by atoms with van der Waals surface area (Å²) < 4.78 is 5.76. The number of hydrogen-bond donors (Lipinski definition) is 1. The predicted molar refractivity (Wildman–Crippen MR) is 131 cm³/mol. The largest absolute Gasteiger partial charge is 0.507 e. The number of carbonyl (C=O) groups excluding carboxylic acids is 2. The standard InChI is InChI=1S/C28H35NO4/c1-4-6-10-18-29-25(23-13-9-8-12-20(23)3)24(27(31)28(29)32)26(30)21-14-16-22(17-15-21)33-19-11-7-5-2/h8-9,12-17,25,30H,4-7,10-11,18-19H2,1-3H3/b26-24-. The summed E-state index contributed by atoms with van der Waals surface area (Å²) in [6, 6.07) is 14.2. The Labute approximate surface area is 197 Å². The van der Waals surface area contributed by atoms with Gasteiger partial charge in [0.25, 0.3) is 11.7 Å².